The highest BCUT2D eigenvalue weighted by atomic mass is 16.4. The van der Waals surface area contributed by atoms with Crippen LogP contribution in [0.4, 0.5) is 5.82 Å². The number of hydrogen-bond donors (Lipinski definition) is 2. The predicted octanol–water partition coefficient (Wildman–Crippen LogP) is 3.60. The first kappa shape index (κ1) is 19.9. The zero-order valence-corrected chi connectivity index (χ0v) is 16.0. The molecule has 28 heavy (non-hydrogen) atoms. The molecule has 2 aromatic rings. The highest BCUT2D eigenvalue weighted by Gasteiger charge is 2.22. The Kier molecular flexibility index (Phi) is 7.00. The van der Waals surface area contributed by atoms with Gasteiger partial charge in [0, 0.05) is 31.7 Å². The number of aliphatic carboxylic acids is 1. The Morgan fingerprint density at radius 1 is 1.07 bits per heavy atom. The van der Waals surface area contributed by atoms with Gasteiger partial charge < -0.3 is 15.3 Å². The van der Waals surface area contributed by atoms with Crippen molar-refractivity contribution in [2.24, 2.45) is 0 Å². The van der Waals surface area contributed by atoms with Crippen LogP contribution >= 0.6 is 0 Å². The van der Waals surface area contributed by atoms with Crippen molar-refractivity contribution in [2.45, 2.75) is 44.6 Å². The molecule has 0 bridgehead atoms. The lowest BCUT2D eigenvalue weighted by Gasteiger charge is -2.28. The Hall–Kier alpha value is -2.89. The number of piperidine rings is 1. The number of carbonyl (C=O) groups is 2. The number of pyridine rings is 1. The average molecular weight is 381 g/mol. The summed E-state index contributed by atoms with van der Waals surface area (Å²) in [6.45, 7) is 1.55. The van der Waals surface area contributed by atoms with E-state index in [1.165, 1.54) is 0 Å². The maximum absolute atomic E-state index is 13.0. The van der Waals surface area contributed by atoms with Crippen molar-refractivity contribution in [3.05, 3.63) is 59.8 Å². The second-order valence-corrected chi connectivity index (χ2v) is 7.22. The Bertz CT molecular complexity index is 789. The molecule has 2 N–H and O–H groups in total. The molecular weight excluding hydrogens is 354 g/mol. The van der Waals surface area contributed by atoms with E-state index >= 15 is 0 Å². The third-order valence-electron chi connectivity index (χ3n) is 5.05. The molecule has 0 radical (unpaired) electrons. The Morgan fingerprint density at radius 2 is 1.82 bits per heavy atom. The number of nitrogens with zero attached hydrogens (tertiary/aromatic N) is 2. The Labute approximate surface area is 165 Å². The molecule has 1 fully saturated rings. The van der Waals surface area contributed by atoms with Crippen LogP contribution in [0.3, 0.4) is 0 Å². The smallest absolute Gasteiger partial charge is 0.303 e. The van der Waals surface area contributed by atoms with E-state index in [1.54, 1.807) is 18.3 Å². The highest BCUT2D eigenvalue weighted by Crippen LogP contribution is 2.20. The standard InChI is InChI=1S/C22H27N3O3/c26-20(27)12-11-18(16-17-8-3-1-4-9-17)24-21-19(10-7-13-23-21)22(28)25-14-5-2-6-15-25/h1,3-4,7-10,13,18H,2,5-6,11-12,14-16H2,(H,23,24)(H,26,27). The monoisotopic (exact) mass is 381 g/mol. The number of carboxylic acids is 1. The lowest BCUT2D eigenvalue weighted by Crippen LogP contribution is -2.36. The van der Waals surface area contributed by atoms with E-state index in [9.17, 15) is 9.59 Å². The van der Waals surface area contributed by atoms with Gasteiger partial charge in [-0.25, -0.2) is 4.98 Å². The van der Waals surface area contributed by atoms with E-state index in [-0.39, 0.29) is 18.4 Å². The van der Waals surface area contributed by atoms with Crippen LogP contribution < -0.4 is 5.32 Å². The summed E-state index contributed by atoms with van der Waals surface area (Å²) in [6.07, 6.45) is 6.07. The van der Waals surface area contributed by atoms with Crippen LogP contribution in [0.25, 0.3) is 0 Å². The number of carboxylic acid groups (broad SMARTS) is 1. The first-order chi connectivity index (χ1) is 13.6. The number of benzene rings is 1. The summed E-state index contributed by atoms with van der Waals surface area (Å²) in [7, 11) is 0. The van der Waals surface area contributed by atoms with Gasteiger partial charge in [0.2, 0.25) is 0 Å². The number of aromatic nitrogens is 1. The van der Waals surface area contributed by atoms with Gasteiger partial charge in [-0.1, -0.05) is 30.3 Å². The van der Waals surface area contributed by atoms with Gasteiger partial charge in [-0.05, 0) is 49.8 Å². The molecule has 0 aliphatic carbocycles. The molecule has 2 heterocycles. The Morgan fingerprint density at radius 3 is 2.54 bits per heavy atom. The zero-order chi connectivity index (χ0) is 19.8. The summed E-state index contributed by atoms with van der Waals surface area (Å²) >= 11 is 0. The molecule has 3 rings (SSSR count). The molecule has 1 aliphatic rings. The minimum Gasteiger partial charge on any atom is -0.481 e. The van der Waals surface area contributed by atoms with Crippen molar-refractivity contribution in [3.63, 3.8) is 0 Å². The second kappa shape index (κ2) is 9.88. The van der Waals surface area contributed by atoms with E-state index in [0.717, 1.165) is 37.9 Å². The van der Waals surface area contributed by atoms with Gasteiger partial charge in [0.1, 0.15) is 5.82 Å². The molecule has 1 aromatic carbocycles. The summed E-state index contributed by atoms with van der Waals surface area (Å²) in [6, 6.07) is 13.4. The normalized spacial score (nSPS) is 15.1. The quantitative estimate of drug-likeness (QED) is 0.730. The summed E-state index contributed by atoms with van der Waals surface area (Å²) in [4.78, 5) is 30.3. The SMILES string of the molecule is O=C(O)CCC(Cc1ccccc1)Nc1ncccc1C(=O)N1CCCCC1. The maximum atomic E-state index is 13.0. The van der Waals surface area contributed by atoms with Gasteiger partial charge in [-0.15, -0.1) is 0 Å². The van der Waals surface area contributed by atoms with E-state index < -0.39 is 5.97 Å². The molecule has 1 saturated heterocycles. The fourth-order valence-electron chi connectivity index (χ4n) is 3.58. The molecule has 0 saturated carbocycles. The fraction of sp³-hybridized carbons (Fsp3) is 0.409. The number of amides is 1. The first-order valence-electron chi connectivity index (χ1n) is 9.90. The van der Waals surface area contributed by atoms with Crippen LogP contribution in [-0.2, 0) is 11.2 Å². The van der Waals surface area contributed by atoms with Crippen molar-refractivity contribution in [2.75, 3.05) is 18.4 Å². The maximum Gasteiger partial charge on any atom is 0.303 e. The minimum absolute atomic E-state index is 0.00741. The summed E-state index contributed by atoms with van der Waals surface area (Å²) in [5.74, 6) is -0.304. The van der Waals surface area contributed by atoms with Crippen molar-refractivity contribution in [1.29, 1.82) is 0 Å². The van der Waals surface area contributed by atoms with Gasteiger partial charge in [-0.2, -0.15) is 0 Å². The third-order valence-corrected chi connectivity index (χ3v) is 5.05. The summed E-state index contributed by atoms with van der Waals surface area (Å²) in [5.41, 5.74) is 1.67. The van der Waals surface area contributed by atoms with Crippen molar-refractivity contribution >= 4 is 17.7 Å². The minimum atomic E-state index is -0.828. The summed E-state index contributed by atoms with van der Waals surface area (Å²) < 4.78 is 0. The molecule has 1 amide bonds. The lowest BCUT2D eigenvalue weighted by atomic mass is 10.0. The molecule has 0 spiro atoms. The molecule has 6 heteroatoms. The third kappa shape index (κ3) is 5.55. The largest absolute Gasteiger partial charge is 0.481 e. The molecular formula is C22H27N3O3. The van der Waals surface area contributed by atoms with Gasteiger partial charge in [0.25, 0.3) is 5.91 Å². The molecule has 1 atom stereocenters. The van der Waals surface area contributed by atoms with Crippen molar-refractivity contribution in [3.8, 4) is 0 Å². The van der Waals surface area contributed by atoms with Crippen LogP contribution in [0.5, 0.6) is 0 Å². The molecule has 148 valence electrons. The number of anilines is 1. The first-order valence-corrected chi connectivity index (χ1v) is 9.90. The average Bonchev–Trinajstić information content (AvgIpc) is 2.73. The van der Waals surface area contributed by atoms with Gasteiger partial charge in [0.05, 0.1) is 5.56 Å². The van der Waals surface area contributed by atoms with Crippen LogP contribution in [-0.4, -0.2) is 46.0 Å². The topological polar surface area (TPSA) is 82.5 Å². The summed E-state index contributed by atoms with van der Waals surface area (Å²) in [5, 5.41) is 12.5. The van der Waals surface area contributed by atoms with E-state index in [4.69, 9.17) is 5.11 Å². The number of nitrogens with one attached hydrogen (secondary N) is 1. The number of rotatable bonds is 8. The van der Waals surface area contributed by atoms with E-state index in [1.807, 2.05) is 35.2 Å². The van der Waals surface area contributed by atoms with Gasteiger partial charge in [0.15, 0.2) is 0 Å². The zero-order valence-electron chi connectivity index (χ0n) is 16.0. The fourth-order valence-corrected chi connectivity index (χ4v) is 3.58. The van der Waals surface area contributed by atoms with E-state index in [2.05, 4.69) is 10.3 Å². The number of carbonyl (C=O) groups excluding carboxylic acids is 1. The van der Waals surface area contributed by atoms with E-state index in [0.29, 0.717) is 24.2 Å². The molecule has 6 nitrogen and oxygen atoms in total. The number of likely N-dealkylation sites (tertiary alicyclic amines) is 1. The van der Waals surface area contributed by atoms with Crippen LogP contribution in [0.15, 0.2) is 48.7 Å². The number of hydrogen-bond acceptors (Lipinski definition) is 4. The van der Waals surface area contributed by atoms with Gasteiger partial charge in [-0.3, -0.25) is 9.59 Å². The van der Waals surface area contributed by atoms with Crippen molar-refractivity contribution < 1.29 is 14.7 Å². The predicted molar refractivity (Wildman–Crippen MR) is 108 cm³/mol. The molecule has 1 aromatic heterocycles. The molecule has 1 aliphatic heterocycles. The van der Waals surface area contributed by atoms with Crippen LogP contribution in [0, 0.1) is 0 Å². The van der Waals surface area contributed by atoms with Crippen LogP contribution in [0.1, 0.15) is 48.0 Å². The Balaban J connectivity index is 1.77. The molecule has 1 unspecified atom stereocenters. The van der Waals surface area contributed by atoms with Crippen LogP contribution in [0.2, 0.25) is 0 Å². The van der Waals surface area contributed by atoms with Crippen molar-refractivity contribution in [1.82, 2.24) is 9.88 Å². The lowest BCUT2D eigenvalue weighted by molar-refractivity contribution is -0.137. The highest BCUT2D eigenvalue weighted by molar-refractivity contribution is 5.98. The second-order valence-electron chi connectivity index (χ2n) is 7.22. The van der Waals surface area contributed by atoms with Gasteiger partial charge >= 0.3 is 5.97 Å².